The molecule has 3 aromatic rings. The van der Waals surface area contributed by atoms with Crippen LogP contribution in [0, 0.1) is 0 Å². The van der Waals surface area contributed by atoms with E-state index in [0.717, 1.165) is 42.8 Å². The van der Waals surface area contributed by atoms with Crippen LogP contribution in [0.3, 0.4) is 0 Å². The van der Waals surface area contributed by atoms with Gasteiger partial charge >= 0.3 is 0 Å². The molecule has 0 atom stereocenters. The number of pyridine rings is 1. The average molecular weight is 554 g/mol. The third-order valence-electron chi connectivity index (χ3n) is 4.97. The lowest BCUT2D eigenvalue weighted by molar-refractivity contribution is 0.372. The van der Waals surface area contributed by atoms with Crippen LogP contribution in [0.15, 0.2) is 58.2 Å². The third kappa shape index (κ3) is 5.85. The number of aromatic nitrogens is 3. The van der Waals surface area contributed by atoms with E-state index in [0.29, 0.717) is 30.4 Å². The molecular formula is C21H25ClIN7O. The second kappa shape index (κ2) is 11.3. The number of hydrogen-bond acceptors (Lipinski definition) is 6. The standard InChI is InChI=1S/C21H24ClN7O.HI/c1-23-21(29-14-12-28(13-15-29)18-8-3-2-6-16(18)22)25-11-9-19-26-20(30-27-19)17-7-4-5-10-24-17;/h2-8,10H,9,11-15H2,1H3,(H,23,25);1H. The highest BCUT2D eigenvalue weighted by Crippen LogP contribution is 2.26. The van der Waals surface area contributed by atoms with Crippen LogP contribution in [0.4, 0.5) is 5.69 Å². The van der Waals surface area contributed by atoms with E-state index in [1.165, 1.54) is 0 Å². The van der Waals surface area contributed by atoms with E-state index in [9.17, 15) is 0 Å². The number of hydrogen-bond donors (Lipinski definition) is 1. The number of rotatable bonds is 5. The van der Waals surface area contributed by atoms with E-state index in [2.05, 4.69) is 41.3 Å². The first-order chi connectivity index (χ1) is 14.7. The first kappa shape index (κ1) is 23.3. The fourth-order valence-corrected chi connectivity index (χ4v) is 3.69. The summed E-state index contributed by atoms with van der Waals surface area (Å²) in [5, 5.41) is 8.23. The number of nitrogens with one attached hydrogen (secondary N) is 1. The van der Waals surface area contributed by atoms with Crippen LogP contribution in [0.25, 0.3) is 11.6 Å². The first-order valence-corrected chi connectivity index (χ1v) is 10.3. The molecule has 0 bridgehead atoms. The summed E-state index contributed by atoms with van der Waals surface area (Å²) in [6.07, 6.45) is 2.34. The van der Waals surface area contributed by atoms with E-state index in [-0.39, 0.29) is 24.0 Å². The van der Waals surface area contributed by atoms with Gasteiger partial charge in [-0.3, -0.25) is 9.98 Å². The first-order valence-electron chi connectivity index (χ1n) is 9.93. The van der Waals surface area contributed by atoms with E-state index in [1.807, 2.05) is 36.4 Å². The zero-order valence-corrected chi connectivity index (χ0v) is 20.3. The van der Waals surface area contributed by atoms with Gasteiger partial charge in [-0.15, -0.1) is 24.0 Å². The van der Waals surface area contributed by atoms with Crippen molar-refractivity contribution in [1.29, 1.82) is 0 Å². The minimum Gasteiger partial charge on any atom is -0.367 e. The topological polar surface area (TPSA) is 82.7 Å². The van der Waals surface area contributed by atoms with Gasteiger partial charge < -0.3 is 19.6 Å². The number of guanidine groups is 1. The van der Waals surface area contributed by atoms with E-state index in [1.54, 1.807) is 13.2 Å². The Kier molecular flexibility index (Phi) is 8.47. The summed E-state index contributed by atoms with van der Waals surface area (Å²) >= 11 is 6.34. The summed E-state index contributed by atoms with van der Waals surface area (Å²) in [6, 6.07) is 13.6. The normalized spacial score (nSPS) is 14.3. The predicted molar refractivity (Wildman–Crippen MR) is 133 cm³/mol. The van der Waals surface area contributed by atoms with Crippen LogP contribution >= 0.6 is 35.6 Å². The molecule has 1 aliphatic heterocycles. The number of anilines is 1. The molecule has 164 valence electrons. The molecule has 0 spiro atoms. The Morgan fingerprint density at radius 2 is 1.90 bits per heavy atom. The molecule has 1 aromatic carbocycles. The van der Waals surface area contributed by atoms with Crippen LogP contribution < -0.4 is 10.2 Å². The summed E-state index contributed by atoms with van der Waals surface area (Å²) in [5.41, 5.74) is 1.76. The molecule has 0 amide bonds. The Morgan fingerprint density at radius 3 is 2.61 bits per heavy atom. The molecule has 3 heterocycles. The Hall–Kier alpha value is -2.40. The van der Waals surface area contributed by atoms with Gasteiger partial charge in [0.05, 0.1) is 10.7 Å². The highest BCUT2D eigenvalue weighted by molar-refractivity contribution is 14.0. The predicted octanol–water partition coefficient (Wildman–Crippen LogP) is 3.34. The van der Waals surface area contributed by atoms with Crippen LogP contribution in [0.5, 0.6) is 0 Å². The van der Waals surface area contributed by atoms with Gasteiger partial charge in [0.15, 0.2) is 11.8 Å². The Balaban J connectivity index is 0.00000272. The van der Waals surface area contributed by atoms with E-state index < -0.39 is 0 Å². The molecule has 10 heteroatoms. The highest BCUT2D eigenvalue weighted by atomic mass is 127. The van der Waals surface area contributed by atoms with Crippen molar-refractivity contribution in [2.24, 2.45) is 4.99 Å². The molecule has 4 rings (SSSR count). The third-order valence-corrected chi connectivity index (χ3v) is 5.29. The summed E-state index contributed by atoms with van der Waals surface area (Å²) in [5.74, 6) is 1.95. The molecule has 8 nitrogen and oxygen atoms in total. The summed E-state index contributed by atoms with van der Waals surface area (Å²) in [4.78, 5) is 17.6. The lowest BCUT2D eigenvalue weighted by Gasteiger charge is -2.38. The molecule has 1 fully saturated rings. The van der Waals surface area contributed by atoms with Crippen molar-refractivity contribution in [3.63, 3.8) is 0 Å². The van der Waals surface area contributed by atoms with Crippen LogP contribution in [0.2, 0.25) is 5.02 Å². The van der Waals surface area contributed by atoms with Crippen molar-refractivity contribution in [1.82, 2.24) is 25.3 Å². The molecule has 1 aliphatic rings. The smallest absolute Gasteiger partial charge is 0.276 e. The molecular weight excluding hydrogens is 529 g/mol. The van der Waals surface area contributed by atoms with Crippen LogP contribution in [0.1, 0.15) is 5.82 Å². The highest BCUT2D eigenvalue weighted by Gasteiger charge is 2.21. The quantitative estimate of drug-likeness (QED) is 0.295. The number of halogens is 2. The molecule has 0 unspecified atom stereocenters. The van der Waals surface area contributed by atoms with Crippen molar-refractivity contribution < 1.29 is 4.52 Å². The van der Waals surface area contributed by atoms with Gasteiger partial charge in [-0.1, -0.05) is 35.0 Å². The van der Waals surface area contributed by atoms with Gasteiger partial charge in [-0.2, -0.15) is 4.98 Å². The number of nitrogens with zero attached hydrogens (tertiary/aromatic N) is 6. The van der Waals surface area contributed by atoms with Crippen molar-refractivity contribution in [3.05, 3.63) is 59.5 Å². The minimum atomic E-state index is 0. The van der Waals surface area contributed by atoms with Crippen molar-refractivity contribution in [3.8, 4) is 11.6 Å². The van der Waals surface area contributed by atoms with Gasteiger partial charge in [-0.25, -0.2) is 0 Å². The maximum absolute atomic E-state index is 6.34. The maximum Gasteiger partial charge on any atom is 0.276 e. The van der Waals surface area contributed by atoms with Gasteiger partial charge in [0.25, 0.3) is 5.89 Å². The SMILES string of the molecule is CN=C(NCCc1noc(-c2ccccn2)n1)N1CCN(c2ccccc2Cl)CC1.I. The second-order valence-corrected chi connectivity index (χ2v) is 7.29. The minimum absolute atomic E-state index is 0. The zero-order valence-electron chi connectivity index (χ0n) is 17.2. The van der Waals surface area contributed by atoms with Crippen molar-refractivity contribution in [2.45, 2.75) is 6.42 Å². The van der Waals surface area contributed by atoms with E-state index >= 15 is 0 Å². The molecule has 2 aromatic heterocycles. The van der Waals surface area contributed by atoms with Crippen LogP contribution in [-0.4, -0.2) is 65.8 Å². The molecule has 1 saturated heterocycles. The van der Waals surface area contributed by atoms with Gasteiger partial charge in [0.1, 0.15) is 5.69 Å². The molecule has 0 saturated carbocycles. The lowest BCUT2D eigenvalue weighted by atomic mass is 10.2. The molecule has 0 radical (unpaired) electrons. The molecule has 31 heavy (non-hydrogen) atoms. The largest absolute Gasteiger partial charge is 0.367 e. The fourth-order valence-electron chi connectivity index (χ4n) is 3.43. The molecule has 0 aliphatic carbocycles. The van der Waals surface area contributed by atoms with Crippen LogP contribution in [-0.2, 0) is 6.42 Å². The van der Waals surface area contributed by atoms with Gasteiger partial charge in [-0.05, 0) is 24.3 Å². The monoisotopic (exact) mass is 553 g/mol. The van der Waals surface area contributed by atoms with Gasteiger partial charge in [0, 0.05) is 52.4 Å². The summed E-state index contributed by atoms with van der Waals surface area (Å²) in [7, 11) is 1.80. The van der Waals surface area contributed by atoms with Gasteiger partial charge in [0.2, 0.25) is 0 Å². The maximum atomic E-state index is 6.34. The van der Waals surface area contributed by atoms with Crippen molar-refractivity contribution in [2.75, 3.05) is 44.7 Å². The number of benzene rings is 1. The Bertz CT molecular complexity index is 990. The Morgan fingerprint density at radius 1 is 1.13 bits per heavy atom. The van der Waals surface area contributed by atoms with E-state index in [4.69, 9.17) is 16.1 Å². The summed E-state index contributed by atoms with van der Waals surface area (Å²) in [6.45, 7) is 4.19. The second-order valence-electron chi connectivity index (χ2n) is 6.88. The zero-order chi connectivity index (χ0) is 20.8. The average Bonchev–Trinajstić information content (AvgIpc) is 3.27. The number of piperazine rings is 1. The number of aliphatic imine (C=N–C) groups is 1. The molecule has 1 N–H and O–H groups in total. The van der Waals surface area contributed by atoms with Crippen molar-refractivity contribution >= 4 is 47.2 Å². The number of para-hydroxylation sites is 1. The summed E-state index contributed by atoms with van der Waals surface area (Å²) < 4.78 is 5.31. The fraction of sp³-hybridized carbons (Fsp3) is 0.333. The lowest BCUT2D eigenvalue weighted by Crippen LogP contribution is -2.52. The Labute approximate surface area is 203 Å².